The summed E-state index contributed by atoms with van der Waals surface area (Å²) in [6.07, 6.45) is 3.31. The van der Waals surface area contributed by atoms with Crippen molar-refractivity contribution in [2.75, 3.05) is 7.05 Å². The maximum absolute atomic E-state index is 11.4. The third kappa shape index (κ3) is 2.01. The van der Waals surface area contributed by atoms with E-state index >= 15 is 0 Å². The van der Waals surface area contributed by atoms with Gasteiger partial charge in [-0.25, -0.2) is 0 Å². The van der Waals surface area contributed by atoms with Gasteiger partial charge in [0.1, 0.15) is 17.5 Å². The Morgan fingerprint density at radius 1 is 1.53 bits per heavy atom. The van der Waals surface area contributed by atoms with Gasteiger partial charge in [-0.2, -0.15) is 5.26 Å². The second-order valence-corrected chi connectivity index (χ2v) is 3.35. The largest absolute Gasteiger partial charge is 0.354 e. The molecule has 5 nitrogen and oxygen atoms in total. The summed E-state index contributed by atoms with van der Waals surface area (Å²) in [4.78, 5) is 15.4. The van der Waals surface area contributed by atoms with E-state index in [9.17, 15) is 4.79 Å². The Morgan fingerprint density at radius 3 is 3.06 bits per heavy atom. The number of aromatic nitrogens is 2. The number of carbonyl (C=O) groups excluding carboxylic acids is 1. The van der Waals surface area contributed by atoms with E-state index < -0.39 is 0 Å². The van der Waals surface area contributed by atoms with E-state index in [1.165, 1.54) is 0 Å². The smallest absolute Gasteiger partial charge is 0.269 e. The Bertz CT molecular complexity index is 595. The SMILES string of the molecule is CNC(=O)c1cc(-n2cccc2C#N)ccn1. The standard InChI is InChI=1S/C12H10N4O/c1-14-12(17)11-7-9(4-5-15-11)16-6-2-3-10(16)8-13/h2-7H,1H3,(H,14,17). The maximum atomic E-state index is 11.4. The first-order valence-electron chi connectivity index (χ1n) is 5.02. The Balaban J connectivity index is 2.47. The quantitative estimate of drug-likeness (QED) is 0.833. The summed E-state index contributed by atoms with van der Waals surface area (Å²) in [6.45, 7) is 0. The van der Waals surface area contributed by atoms with Crippen molar-refractivity contribution in [2.24, 2.45) is 0 Å². The highest BCUT2D eigenvalue weighted by Crippen LogP contribution is 2.12. The molecule has 0 radical (unpaired) electrons. The molecule has 0 aliphatic rings. The van der Waals surface area contributed by atoms with Crippen molar-refractivity contribution < 1.29 is 4.79 Å². The van der Waals surface area contributed by atoms with Crippen LogP contribution < -0.4 is 5.32 Å². The van der Waals surface area contributed by atoms with E-state index in [0.717, 1.165) is 5.69 Å². The molecule has 0 aliphatic carbocycles. The van der Waals surface area contributed by atoms with Crippen molar-refractivity contribution >= 4 is 5.91 Å². The van der Waals surface area contributed by atoms with E-state index in [1.807, 2.05) is 0 Å². The van der Waals surface area contributed by atoms with Crippen LogP contribution in [0, 0.1) is 11.3 Å². The van der Waals surface area contributed by atoms with Crippen molar-refractivity contribution in [3.05, 3.63) is 48.0 Å². The Labute approximate surface area is 98.3 Å². The first-order chi connectivity index (χ1) is 8.26. The van der Waals surface area contributed by atoms with Gasteiger partial charge in [0.15, 0.2) is 0 Å². The summed E-state index contributed by atoms with van der Waals surface area (Å²) in [7, 11) is 1.55. The van der Waals surface area contributed by atoms with Crippen LogP contribution in [0.2, 0.25) is 0 Å². The number of amides is 1. The number of nitrogens with one attached hydrogen (secondary N) is 1. The molecule has 0 bridgehead atoms. The molecular weight excluding hydrogens is 216 g/mol. The number of hydrogen-bond acceptors (Lipinski definition) is 3. The second-order valence-electron chi connectivity index (χ2n) is 3.35. The number of carbonyl (C=O) groups is 1. The fraction of sp³-hybridized carbons (Fsp3) is 0.0833. The molecule has 2 heterocycles. The topological polar surface area (TPSA) is 70.7 Å². The summed E-state index contributed by atoms with van der Waals surface area (Å²) in [5, 5.41) is 11.4. The number of pyridine rings is 1. The molecule has 84 valence electrons. The molecule has 0 unspecified atom stereocenters. The minimum absolute atomic E-state index is 0.252. The number of rotatable bonds is 2. The molecule has 1 N–H and O–H groups in total. The lowest BCUT2D eigenvalue weighted by Gasteiger charge is -2.06. The van der Waals surface area contributed by atoms with Crippen molar-refractivity contribution in [1.82, 2.24) is 14.9 Å². The van der Waals surface area contributed by atoms with Crippen molar-refractivity contribution in [2.45, 2.75) is 0 Å². The lowest BCUT2D eigenvalue weighted by atomic mass is 10.3. The fourth-order valence-corrected chi connectivity index (χ4v) is 1.52. The van der Waals surface area contributed by atoms with E-state index in [1.54, 1.807) is 48.3 Å². The van der Waals surface area contributed by atoms with Crippen LogP contribution in [0.5, 0.6) is 0 Å². The van der Waals surface area contributed by atoms with Crippen LogP contribution in [0.25, 0.3) is 5.69 Å². The molecule has 2 rings (SSSR count). The fourth-order valence-electron chi connectivity index (χ4n) is 1.52. The first kappa shape index (κ1) is 10.9. The predicted molar refractivity (Wildman–Crippen MR) is 61.7 cm³/mol. The molecule has 5 heteroatoms. The molecule has 0 saturated carbocycles. The molecule has 0 aromatic carbocycles. The second kappa shape index (κ2) is 4.49. The van der Waals surface area contributed by atoms with Gasteiger partial charge in [-0.15, -0.1) is 0 Å². The van der Waals surface area contributed by atoms with E-state index in [0.29, 0.717) is 11.4 Å². The zero-order valence-corrected chi connectivity index (χ0v) is 9.21. The number of nitriles is 1. The molecule has 17 heavy (non-hydrogen) atoms. The van der Waals surface area contributed by atoms with Gasteiger partial charge in [0, 0.05) is 19.4 Å². The predicted octanol–water partition coefficient (Wildman–Crippen LogP) is 1.10. The molecule has 2 aromatic heterocycles. The van der Waals surface area contributed by atoms with E-state index in [4.69, 9.17) is 5.26 Å². The molecule has 0 fully saturated rings. The van der Waals surface area contributed by atoms with Crippen LogP contribution in [0.4, 0.5) is 0 Å². The highest BCUT2D eigenvalue weighted by molar-refractivity contribution is 5.92. The average Bonchev–Trinajstić information content (AvgIpc) is 2.86. The van der Waals surface area contributed by atoms with Crippen molar-refractivity contribution in [3.8, 4) is 11.8 Å². The van der Waals surface area contributed by atoms with Gasteiger partial charge in [-0.3, -0.25) is 9.78 Å². The molecule has 2 aromatic rings. The van der Waals surface area contributed by atoms with E-state index in [2.05, 4.69) is 16.4 Å². The molecule has 1 amide bonds. The Hall–Kier alpha value is -2.61. The Morgan fingerprint density at radius 2 is 2.35 bits per heavy atom. The normalized spacial score (nSPS) is 9.65. The van der Waals surface area contributed by atoms with Gasteiger partial charge in [0.05, 0.1) is 5.69 Å². The first-order valence-corrected chi connectivity index (χ1v) is 5.02. The molecular formula is C12H10N4O. The molecule has 0 spiro atoms. The monoisotopic (exact) mass is 226 g/mol. The summed E-state index contributed by atoms with van der Waals surface area (Å²) in [6, 6.07) is 8.95. The van der Waals surface area contributed by atoms with Crippen LogP contribution in [-0.2, 0) is 0 Å². The van der Waals surface area contributed by atoms with Gasteiger partial charge in [0.2, 0.25) is 0 Å². The van der Waals surface area contributed by atoms with Crippen LogP contribution in [0.15, 0.2) is 36.7 Å². The molecule has 0 saturated heterocycles. The van der Waals surface area contributed by atoms with Crippen LogP contribution in [0.3, 0.4) is 0 Å². The van der Waals surface area contributed by atoms with Gasteiger partial charge in [-0.1, -0.05) is 0 Å². The summed E-state index contributed by atoms with van der Waals surface area (Å²) < 4.78 is 1.70. The third-order valence-electron chi connectivity index (χ3n) is 2.34. The van der Waals surface area contributed by atoms with Gasteiger partial charge in [-0.05, 0) is 24.3 Å². The maximum Gasteiger partial charge on any atom is 0.269 e. The lowest BCUT2D eigenvalue weighted by Crippen LogP contribution is -2.19. The third-order valence-corrected chi connectivity index (χ3v) is 2.34. The summed E-state index contributed by atoms with van der Waals surface area (Å²) >= 11 is 0. The highest BCUT2D eigenvalue weighted by Gasteiger charge is 2.07. The lowest BCUT2D eigenvalue weighted by molar-refractivity contribution is 0.0958. The average molecular weight is 226 g/mol. The zero-order chi connectivity index (χ0) is 12.3. The van der Waals surface area contributed by atoms with Crippen LogP contribution in [-0.4, -0.2) is 22.5 Å². The molecule has 0 atom stereocenters. The van der Waals surface area contributed by atoms with E-state index in [-0.39, 0.29) is 5.91 Å². The minimum atomic E-state index is -0.252. The summed E-state index contributed by atoms with van der Waals surface area (Å²) in [5.41, 5.74) is 1.57. The zero-order valence-electron chi connectivity index (χ0n) is 9.21. The van der Waals surface area contributed by atoms with Crippen molar-refractivity contribution in [3.63, 3.8) is 0 Å². The van der Waals surface area contributed by atoms with Gasteiger partial charge >= 0.3 is 0 Å². The summed E-state index contributed by atoms with van der Waals surface area (Å²) in [5.74, 6) is -0.252. The Kier molecular flexibility index (Phi) is 2.88. The van der Waals surface area contributed by atoms with Gasteiger partial charge in [0.25, 0.3) is 5.91 Å². The highest BCUT2D eigenvalue weighted by atomic mass is 16.1. The minimum Gasteiger partial charge on any atom is -0.354 e. The van der Waals surface area contributed by atoms with Crippen molar-refractivity contribution in [1.29, 1.82) is 5.26 Å². The number of nitrogens with zero attached hydrogens (tertiary/aromatic N) is 3. The number of hydrogen-bond donors (Lipinski definition) is 1. The van der Waals surface area contributed by atoms with Crippen LogP contribution >= 0.6 is 0 Å². The van der Waals surface area contributed by atoms with Gasteiger partial charge < -0.3 is 9.88 Å². The van der Waals surface area contributed by atoms with Crippen LogP contribution in [0.1, 0.15) is 16.2 Å². The molecule has 0 aliphatic heterocycles.